The van der Waals surface area contributed by atoms with Gasteiger partial charge in [0, 0.05) is 28.7 Å². The maximum absolute atomic E-state index is 12.3. The number of amides is 2. The lowest BCUT2D eigenvalue weighted by Gasteiger charge is -2.15. The van der Waals surface area contributed by atoms with E-state index in [0.717, 1.165) is 23.4 Å². The topological polar surface area (TPSA) is 79.8 Å². The number of aromatic nitrogens is 3. The Balaban J connectivity index is 1.42. The zero-order valence-corrected chi connectivity index (χ0v) is 14.3. The largest absolute Gasteiger partial charge is 0.328 e. The van der Waals surface area contributed by atoms with Gasteiger partial charge in [0.25, 0.3) is 0 Å². The van der Waals surface area contributed by atoms with Crippen LogP contribution in [0.1, 0.15) is 23.9 Å². The van der Waals surface area contributed by atoms with Gasteiger partial charge in [0.2, 0.25) is 5.13 Å². The van der Waals surface area contributed by atoms with Crippen molar-refractivity contribution in [1.82, 2.24) is 19.7 Å². The number of hydrogen-bond acceptors (Lipinski definition) is 6. The number of benzene rings is 1. The fourth-order valence-electron chi connectivity index (χ4n) is 2.45. The molecule has 2 amide bonds. The molecule has 0 saturated heterocycles. The Hall–Kier alpha value is -2.32. The van der Waals surface area contributed by atoms with E-state index in [1.807, 2.05) is 35.7 Å². The van der Waals surface area contributed by atoms with E-state index in [0.29, 0.717) is 16.9 Å². The third-order valence-corrected chi connectivity index (χ3v) is 5.27. The van der Waals surface area contributed by atoms with E-state index < -0.39 is 0 Å². The Morgan fingerprint density at radius 1 is 1.25 bits per heavy atom. The minimum absolute atomic E-state index is 0.0217. The van der Waals surface area contributed by atoms with Crippen LogP contribution in [0.5, 0.6) is 0 Å². The fraction of sp³-hybridized carbons (Fsp3) is 0.250. The lowest BCUT2D eigenvalue weighted by atomic mass is 10.2. The van der Waals surface area contributed by atoms with Crippen LogP contribution in [-0.4, -0.2) is 20.4 Å². The number of nitrogens with one attached hydrogen (secondary N) is 2. The van der Waals surface area contributed by atoms with Gasteiger partial charge in [0.05, 0.1) is 6.04 Å². The summed E-state index contributed by atoms with van der Waals surface area (Å²) in [6.07, 6.45) is 4.02. The summed E-state index contributed by atoms with van der Waals surface area (Å²) >= 11 is 2.75. The molecule has 0 radical (unpaired) electrons. The minimum atomic E-state index is -0.266. The zero-order chi connectivity index (χ0) is 16.4. The normalized spacial score (nSPS) is 15.0. The van der Waals surface area contributed by atoms with Crippen LogP contribution < -0.4 is 10.6 Å². The molecule has 0 spiro atoms. The number of hydrogen-bond donors (Lipinski definition) is 2. The van der Waals surface area contributed by atoms with Crippen LogP contribution in [0.2, 0.25) is 0 Å². The van der Waals surface area contributed by atoms with Crippen LogP contribution in [-0.2, 0) is 0 Å². The van der Waals surface area contributed by atoms with E-state index in [4.69, 9.17) is 0 Å². The van der Waals surface area contributed by atoms with Crippen LogP contribution in [0.15, 0.2) is 41.9 Å². The third-order valence-electron chi connectivity index (χ3n) is 3.78. The number of anilines is 1. The molecule has 1 atom stereocenters. The van der Waals surface area contributed by atoms with Crippen molar-refractivity contribution < 1.29 is 4.79 Å². The second-order valence-corrected chi connectivity index (χ2v) is 7.25. The SMILES string of the molecule is O=C(Nc1nc(-c2ccccc2)ns1)NC(c1nccs1)C1CC1. The van der Waals surface area contributed by atoms with Crippen molar-refractivity contribution in [2.75, 3.05) is 5.32 Å². The molecule has 2 aromatic heterocycles. The monoisotopic (exact) mass is 357 g/mol. The smallest absolute Gasteiger partial charge is 0.321 e. The Morgan fingerprint density at radius 2 is 2.08 bits per heavy atom. The molecule has 0 bridgehead atoms. The molecular weight excluding hydrogens is 342 g/mol. The van der Waals surface area contributed by atoms with E-state index in [1.165, 1.54) is 11.5 Å². The molecule has 122 valence electrons. The molecule has 1 aromatic carbocycles. The van der Waals surface area contributed by atoms with Crippen molar-refractivity contribution in [3.63, 3.8) is 0 Å². The summed E-state index contributed by atoms with van der Waals surface area (Å²) in [6.45, 7) is 0. The lowest BCUT2D eigenvalue weighted by Crippen LogP contribution is -2.33. The van der Waals surface area contributed by atoms with Gasteiger partial charge in [0.15, 0.2) is 5.82 Å². The summed E-state index contributed by atoms with van der Waals surface area (Å²) in [5.74, 6) is 1.10. The summed E-state index contributed by atoms with van der Waals surface area (Å²) in [7, 11) is 0. The lowest BCUT2D eigenvalue weighted by molar-refractivity contribution is 0.247. The first-order valence-electron chi connectivity index (χ1n) is 7.65. The number of thiazole rings is 1. The van der Waals surface area contributed by atoms with Crippen molar-refractivity contribution in [3.8, 4) is 11.4 Å². The summed E-state index contributed by atoms with van der Waals surface area (Å²) in [6, 6.07) is 9.41. The molecule has 4 rings (SSSR count). The molecule has 24 heavy (non-hydrogen) atoms. The van der Waals surface area contributed by atoms with Gasteiger partial charge >= 0.3 is 6.03 Å². The molecule has 1 fully saturated rings. The summed E-state index contributed by atoms with van der Waals surface area (Å²) < 4.78 is 4.29. The van der Waals surface area contributed by atoms with Crippen LogP contribution in [0.25, 0.3) is 11.4 Å². The maximum Gasteiger partial charge on any atom is 0.321 e. The first-order valence-corrected chi connectivity index (χ1v) is 9.31. The second kappa shape index (κ2) is 6.66. The van der Waals surface area contributed by atoms with E-state index in [9.17, 15) is 4.79 Å². The van der Waals surface area contributed by atoms with Gasteiger partial charge in [-0.15, -0.1) is 11.3 Å². The minimum Gasteiger partial charge on any atom is -0.328 e. The molecule has 1 saturated carbocycles. The highest BCUT2D eigenvalue weighted by Gasteiger charge is 2.35. The van der Waals surface area contributed by atoms with E-state index in [2.05, 4.69) is 25.0 Å². The molecular formula is C16H15N5OS2. The Bertz CT molecular complexity index is 814. The molecule has 6 nitrogen and oxygen atoms in total. The number of carbonyl (C=O) groups excluding carboxylic acids is 1. The molecule has 3 aromatic rings. The average molecular weight is 357 g/mol. The number of nitrogens with zero attached hydrogens (tertiary/aromatic N) is 3. The average Bonchev–Trinajstić information content (AvgIpc) is 3.10. The van der Waals surface area contributed by atoms with Crippen molar-refractivity contribution >= 4 is 34.0 Å². The van der Waals surface area contributed by atoms with Gasteiger partial charge in [-0.25, -0.2) is 9.78 Å². The highest BCUT2D eigenvalue weighted by Crippen LogP contribution is 2.41. The molecule has 1 unspecified atom stereocenters. The highest BCUT2D eigenvalue weighted by atomic mass is 32.1. The number of carbonyl (C=O) groups is 1. The summed E-state index contributed by atoms with van der Waals surface area (Å²) in [4.78, 5) is 21.0. The van der Waals surface area contributed by atoms with Gasteiger partial charge in [0.1, 0.15) is 5.01 Å². The van der Waals surface area contributed by atoms with Crippen LogP contribution in [0, 0.1) is 5.92 Å². The molecule has 1 aliphatic rings. The Kier molecular flexibility index (Phi) is 4.22. The van der Waals surface area contributed by atoms with E-state index in [1.54, 1.807) is 17.5 Å². The Morgan fingerprint density at radius 3 is 2.79 bits per heavy atom. The number of urea groups is 1. The Labute approximate surface area is 147 Å². The standard InChI is InChI=1S/C16H15N5OS2/c22-15(18-12(10-6-7-10)14-17-8-9-23-14)20-16-19-13(21-24-16)11-4-2-1-3-5-11/h1-5,8-10,12H,6-7H2,(H2,18,19,20,21,22). The first-order chi connectivity index (χ1) is 11.8. The second-order valence-electron chi connectivity index (χ2n) is 5.57. The highest BCUT2D eigenvalue weighted by molar-refractivity contribution is 7.10. The van der Waals surface area contributed by atoms with Gasteiger partial charge in [-0.3, -0.25) is 5.32 Å². The third kappa shape index (κ3) is 3.44. The van der Waals surface area contributed by atoms with E-state index in [-0.39, 0.29) is 12.1 Å². The van der Waals surface area contributed by atoms with Crippen LogP contribution >= 0.6 is 22.9 Å². The fourth-order valence-corrected chi connectivity index (χ4v) is 3.82. The molecule has 2 N–H and O–H groups in total. The molecule has 8 heteroatoms. The van der Waals surface area contributed by atoms with Gasteiger partial charge in [-0.2, -0.15) is 9.36 Å². The van der Waals surface area contributed by atoms with Crippen molar-refractivity contribution in [2.45, 2.75) is 18.9 Å². The van der Waals surface area contributed by atoms with Gasteiger partial charge < -0.3 is 5.32 Å². The summed E-state index contributed by atoms with van der Waals surface area (Å²) in [5.41, 5.74) is 0.931. The van der Waals surface area contributed by atoms with Crippen LogP contribution in [0.4, 0.5) is 9.93 Å². The van der Waals surface area contributed by atoms with Gasteiger partial charge in [-0.1, -0.05) is 30.3 Å². The molecule has 1 aliphatic carbocycles. The molecule has 0 aliphatic heterocycles. The van der Waals surface area contributed by atoms with Crippen molar-refractivity contribution in [1.29, 1.82) is 0 Å². The summed E-state index contributed by atoms with van der Waals surface area (Å²) in [5, 5.41) is 9.17. The number of rotatable bonds is 5. The maximum atomic E-state index is 12.3. The first kappa shape index (κ1) is 15.2. The molecule has 2 heterocycles. The predicted octanol–water partition coefficient (Wildman–Crippen LogP) is 3.93. The van der Waals surface area contributed by atoms with Crippen molar-refractivity contribution in [3.05, 3.63) is 46.9 Å². The van der Waals surface area contributed by atoms with Crippen molar-refractivity contribution in [2.24, 2.45) is 5.92 Å². The van der Waals surface area contributed by atoms with Crippen LogP contribution in [0.3, 0.4) is 0 Å². The zero-order valence-electron chi connectivity index (χ0n) is 12.7. The van der Waals surface area contributed by atoms with E-state index >= 15 is 0 Å². The van der Waals surface area contributed by atoms with Gasteiger partial charge in [-0.05, 0) is 18.8 Å². The predicted molar refractivity (Wildman–Crippen MR) is 95.1 cm³/mol. The quantitative estimate of drug-likeness (QED) is 0.725.